The van der Waals surface area contributed by atoms with Crippen molar-refractivity contribution in [3.05, 3.63) is 12.4 Å². The molecule has 2 amide bonds. The van der Waals surface area contributed by atoms with Gasteiger partial charge in [-0.2, -0.15) is 15.0 Å². The van der Waals surface area contributed by atoms with E-state index in [9.17, 15) is 4.79 Å². The Morgan fingerprint density at radius 1 is 1.22 bits per heavy atom. The fourth-order valence-corrected chi connectivity index (χ4v) is 2.11. The van der Waals surface area contributed by atoms with Crippen molar-refractivity contribution < 1.29 is 4.79 Å². The lowest BCUT2D eigenvalue weighted by Gasteiger charge is -2.33. The summed E-state index contributed by atoms with van der Waals surface area (Å²) < 4.78 is 0. The molecular weight excluding hydrogens is 230 g/mol. The molecule has 0 atom stereocenters. The Balaban J connectivity index is 1.85. The maximum absolute atomic E-state index is 12.0. The molecule has 6 heteroatoms. The first-order valence-electron chi connectivity index (χ1n) is 6.38. The highest BCUT2D eigenvalue weighted by Gasteiger charge is 2.26. The SMILES string of the molecule is CC(C)(C)NC(=O)N1CCC(n2nccn2)CC1. The maximum atomic E-state index is 12.0. The van der Waals surface area contributed by atoms with Crippen LogP contribution in [0.15, 0.2) is 12.4 Å². The molecule has 0 spiro atoms. The number of carbonyl (C=O) groups excluding carboxylic acids is 1. The summed E-state index contributed by atoms with van der Waals surface area (Å²) in [6.45, 7) is 7.49. The largest absolute Gasteiger partial charge is 0.333 e. The van der Waals surface area contributed by atoms with E-state index in [2.05, 4.69) is 15.5 Å². The Labute approximate surface area is 107 Å². The van der Waals surface area contributed by atoms with E-state index in [4.69, 9.17) is 0 Å². The van der Waals surface area contributed by atoms with Crippen molar-refractivity contribution in [3.8, 4) is 0 Å². The summed E-state index contributed by atoms with van der Waals surface area (Å²) in [4.78, 5) is 15.6. The number of rotatable bonds is 1. The minimum absolute atomic E-state index is 0.0226. The van der Waals surface area contributed by atoms with Gasteiger partial charge < -0.3 is 10.2 Å². The molecule has 100 valence electrons. The van der Waals surface area contributed by atoms with Crippen LogP contribution in [0.5, 0.6) is 0 Å². The first kappa shape index (κ1) is 12.9. The van der Waals surface area contributed by atoms with Crippen molar-refractivity contribution in [2.75, 3.05) is 13.1 Å². The second-order valence-electron chi connectivity index (χ2n) is 5.75. The Bertz CT molecular complexity index is 387. The molecule has 1 fully saturated rings. The summed E-state index contributed by atoms with van der Waals surface area (Å²) >= 11 is 0. The van der Waals surface area contributed by atoms with Gasteiger partial charge in [-0.05, 0) is 33.6 Å². The van der Waals surface area contributed by atoms with E-state index in [0.29, 0.717) is 6.04 Å². The zero-order chi connectivity index (χ0) is 13.2. The van der Waals surface area contributed by atoms with Crippen LogP contribution in [0.3, 0.4) is 0 Å². The molecule has 18 heavy (non-hydrogen) atoms. The fraction of sp³-hybridized carbons (Fsp3) is 0.750. The molecule has 1 aliphatic rings. The zero-order valence-electron chi connectivity index (χ0n) is 11.3. The summed E-state index contributed by atoms with van der Waals surface area (Å²) in [5.41, 5.74) is -0.183. The lowest BCUT2D eigenvalue weighted by molar-refractivity contribution is 0.158. The van der Waals surface area contributed by atoms with E-state index in [1.807, 2.05) is 25.7 Å². The van der Waals surface area contributed by atoms with Gasteiger partial charge in [0.25, 0.3) is 0 Å². The quantitative estimate of drug-likeness (QED) is 0.821. The van der Waals surface area contributed by atoms with Gasteiger partial charge in [-0.25, -0.2) is 4.79 Å². The molecular formula is C12H21N5O. The number of carbonyl (C=O) groups is 1. The third kappa shape index (κ3) is 3.21. The molecule has 1 aliphatic heterocycles. The number of amides is 2. The van der Waals surface area contributed by atoms with Crippen LogP contribution in [0.25, 0.3) is 0 Å². The number of aromatic nitrogens is 3. The maximum Gasteiger partial charge on any atom is 0.317 e. The van der Waals surface area contributed by atoms with E-state index < -0.39 is 0 Å². The van der Waals surface area contributed by atoms with Gasteiger partial charge >= 0.3 is 6.03 Å². The van der Waals surface area contributed by atoms with Gasteiger partial charge in [0.2, 0.25) is 0 Å². The molecule has 0 bridgehead atoms. The Morgan fingerprint density at radius 2 is 1.78 bits per heavy atom. The summed E-state index contributed by atoms with van der Waals surface area (Å²) in [5, 5.41) is 11.3. The number of hydrogen-bond acceptors (Lipinski definition) is 3. The van der Waals surface area contributed by atoms with Crippen LogP contribution < -0.4 is 5.32 Å². The smallest absolute Gasteiger partial charge is 0.317 e. The van der Waals surface area contributed by atoms with Crippen molar-refractivity contribution in [2.24, 2.45) is 0 Å². The number of piperidine rings is 1. The lowest BCUT2D eigenvalue weighted by Crippen LogP contribution is -2.50. The van der Waals surface area contributed by atoms with Crippen molar-refractivity contribution >= 4 is 6.03 Å². The highest BCUT2D eigenvalue weighted by Crippen LogP contribution is 2.20. The first-order valence-corrected chi connectivity index (χ1v) is 6.38. The van der Waals surface area contributed by atoms with Crippen molar-refractivity contribution in [1.29, 1.82) is 0 Å². The normalized spacial score (nSPS) is 17.8. The van der Waals surface area contributed by atoms with Crippen molar-refractivity contribution in [3.63, 3.8) is 0 Å². The van der Waals surface area contributed by atoms with E-state index in [0.717, 1.165) is 25.9 Å². The number of urea groups is 1. The average Bonchev–Trinajstić information content (AvgIpc) is 2.80. The molecule has 0 unspecified atom stereocenters. The summed E-state index contributed by atoms with van der Waals surface area (Å²) in [6.07, 6.45) is 5.20. The van der Waals surface area contributed by atoms with Crippen LogP contribution >= 0.6 is 0 Å². The van der Waals surface area contributed by atoms with Gasteiger partial charge in [0.1, 0.15) is 0 Å². The van der Waals surface area contributed by atoms with E-state index in [1.54, 1.807) is 17.2 Å². The minimum atomic E-state index is -0.183. The van der Waals surface area contributed by atoms with E-state index in [1.165, 1.54) is 0 Å². The van der Waals surface area contributed by atoms with Crippen LogP contribution in [0.2, 0.25) is 0 Å². The van der Waals surface area contributed by atoms with Gasteiger partial charge in [0.05, 0.1) is 18.4 Å². The van der Waals surface area contributed by atoms with Crippen molar-refractivity contribution in [2.45, 2.75) is 45.2 Å². The van der Waals surface area contributed by atoms with E-state index in [-0.39, 0.29) is 11.6 Å². The molecule has 0 saturated carbocycles. The van der Waals surface area contributed by atoms with Crippen LogP contribution in [0.1, 0.15) is 39.7 Å². The predicted molar refractivity (Wildman–Crippen MR) is 68.2 cm³/mol. The van der Waals surface area contributed by atoms with Gasteiger partial charge in [0.15, 0.2) is 0 Å². The number of likely N-dealkylation sites (tertiary alicyclic amines) is 1. The monoisotopic (exact) mass is 251 g/mol. The molecule has 2 heterocycles. The molecule has 1 N–H and O–H groups in total. The minimum Gasteiger partial charge on any atom is -0.333 e. The standard InChI is InChI=1S/C12H21N5O/c1-12(2,3)15-11(18)16-8-4-10(5-9-16)17-13-6-7-14-17/h6-7,10H,4-5,8-9H2,1-3H3,(H,15,18). The zero-order valence-corrected chi connectivity index (χ0v) is 11.3. The summed E-state index contributed by atoms with van der Waals surface area (Å²) in [5.74, 6) is 0. The molecule has 1 aromatic heterocycles. The van der Waals surface area contributed by atoms with Gasteiger partial charge in [-0.3, -0.25) is 0 Å². The summed E-state index contributed by atoms with van der Waals surface area (Å²) in [6, 6.07) is 0.341. The highest BCUT2D eigenvalue weighted by molar-refractivity contribution is 5.75. The molecule has 1 aromatic rings. The van der Waals surface area contributed by atoms with Gasteiger partial charge in [-0.15, -0.1) is 0 Å². The van der Waals surface area contributed by atoms with Gasteiger partial charge in [0, 0.05) is 18.6 Å². The molecule has 1 saturated heterocycles. The fourth-order valence-electron chi connectivity index (χ4n) is 2.11. The summed E-state index contributed by atoms with van der Waals surface area (Å²) in [7, 11) is 0. The molecule has 6 nitrogen and oxygen atoms in total. The Hall–Kier alpha value is -1.59. The predicted octanol–water partition coefficient (Wildman–Crippen LogP) is 1.42. The molecule has 2 rings (SSSR count). The number of nitrogens with zero attached hydrogens (tertiary/aromatic N) is 4. The topological polar surface area (TPSA) is 63.1 Å². The molecule has 0 radical (unpaired) electrons. The van der Waals surface area contributed by atoms with E-state index >= 15 is 0 Å². The highest BCUT2D eigenvalue weighted by atomic mass is 16.2. The number of nitrogens with one attached hydrogen (secondary N) is 1. The molecule has 0 aliphatic carbocycles. The third-order valence-corrected chi connectivity index (χ3v) is 3.00. The van der Waals surface area contributed by atoms with Crippen LogP contribution in [-0.2, 0) is 0 Å². The Morgan fingerprint density at radius 3 is 2.28 bits per heavy atom. The average molecular weight is 251 g/mol. The third-order valence-electron chi connectivity index (χ3n) is 3.00. The van der Waals surface area contributed by atoms with Crippen LogP contribution in [0, 0.1) is 0 Å². The number of hydrogen-bond donors (Lipinski definition) is 1. The van der Waals surface area contributed by atoms with Crippen molar-refractivity contribution in [1.82, 2.24) is 25.2 Å². The second kappa shape index (κ2) is 4.96. The second-order valence-corrected chi connectivity index (χ2v) is 5.75. The first-order chi connectivity index (χ1) is 8.46. The Kier molecular flexibility index (Phi) is 3.54. The molecule has 0 aromatic carbocycles. The van der Waals surface area contributed by atoms with Gasteiger partial charge in [-0.1, -0.05) is 0 Å². The van der Waals surface area contributed by atoms with Crippen LogP contribution in [-0.4, -0.2) is 44.6 Å². The lowest BCUT2D eigenvalue weighted by atomic mass is 10.1. The van der Waals surface area contributed by atoms with Crippen LogP contribution in [0.4, 0.5) is 4.79 Å².